The number of rotatable bonds is 4. The molecule has 0 amide bonds. The van der Waals surface area contributed by atoms with Crippen LogP contribution in [0.5, 0.6) is 0 Å². The van der Waals surface area contributed by atoms with Gasteiger partial charge in [-0.2, -0.15) is 0 Å². The summed E-state index contributed by atoms with van der Waals surface area (Å²) in [6, 6.07) is 4.30. The molecule has 0 aliphatic carbocycles. The fourth-order valence-electron chi connectivity index (χ4n) is 1.50. The summed E-state index contributed by atoms with van der Waals surface area (Å²) < 4.78 is 26.7. The lowest BCUT2D eigenvalue weighted by Crippen LogP contribution is -2.27. The molecule has 15 heavy (non-hydrogen) atoms. The Balaban J connectivity index is 2.77. The first-order valence-electron chi connectivity index (χ1n) is 5.19. The van der Waals surface area contributed by atoms with Gasteiger partial charge < -0.3 is 5.32 Å². The molecule has 0 radical (unpaired) electrons. The summed E-state index contributed by atoms with van der Waals surface area (Å²) in [6.45, 7) is 6.40. The smallest absolute Gasteiger partial charge is 0.129 e. The Kier molecular flexibility index (Phi) is 4.21. The standard InChI is InChI=1S/C12H17F2N/c1-8(2)15-7-9(3)12-10(13)5-4-6-11(12)14/h4-6,8-9,15H,7H2,1-3H3. The number of nitrogens with one attached hydrogen (secondary N) is 1. The van der Waals surface area contributed by atoms with Crippen LogP contribution in [-0.2, 0) is 0 Å². The van der Waals surface area contributed by atoms with Crippen molar-refractivity contribution in [2.24, 2.45) is 0 Å². The number of hydrogen-bond acceptors (Lipinski definition) is 1. The lowest BCUT2D eigenvalue weighted by molar-refractivity contribution is 0.496. The lowest BCUT2D eigenvalue weighted by Gasteiger charge is -2.16. The Morgan fingerprint density at radius 2 is 1.67 bits per heavy atom. The Labute approximate surface area is 89.5 Å². The molecule has 1 rings (SSSR count). The van der Waals surface area contributed by atoms with Gasteiger partial charge in [-0.15, -0.1) is 0 Å². The minimum Gasteiger partial charge on any atom is -0.314 e. The molecule has 1 atom stereocenters. The Morgan fingerprint density at radius 3 is 2.13 bits per heavy atom. The summed E-state index contributed by atoms with van der Waals surface area (Å²) in [5.41, 5.74) is 0.172. The summed E-state index contributed by atoms with van der Waals surface area (Å²) in [5.74, 6) is -1.09. The molecule has 0 aromatic heterocycles. The van der Waals surface area contributed by atoms with E-state index in [1.807, 2.05) is 20.8 Å². The summed E-state index contributed by atoms with van der Waals surface area (Å²) in [4.78, 5) is 0. The first-order chi connectivity index (χ1) is 7.02. The fraction of sp³-hybridized carbons (Fsp3) is 0.500. The maximum absolute atomic E-state index is 13.4. The van der Waals surface area contributed by atoms with E-state index in [2.05, 4.69) is 5.32 Å². The molecule has 0 saturated carbocycles. The normalized spacial score (nSPS) is 13.2. The quantitative estimate of drug-likeness (QED) is 0.810. The van der Waals surface area contributed by atoms with Crippen LogP contribution in [0, 0.1) is 11.6 Å². The second kappa shape index (κ2) is 5.21. The van der Waals surface area contributed by atoms with Crippen molar-refractivity contribution in [1.82, 2.24) is 5.32 Å². The predicted octanol–water partition coefficient (Wildman–Crippen LogP) is 3.07. The van der Waals surface area contributed by atoms with Crippen LogP contribution in [0.3, 0.4) is 0 Å². The highest BCUT2D eigenvalue weighted by atomic mass is 19.1. The number of hydrogen-bond donors (Lipinski definition) is 1. The van der Waals surface area contributed by atoms with E-state index in [0.29, 0.717) is 12.6 Å². The zero-order chi connectivity index (χ0) is 11.4. The number of benzene rings is 1. The Morgan fingerprint density at radius 1 is 1.13 bits per heavy atom. The van der Waals surface area contributed by atoms with Gasteiger partial charge in [0.25, 0.3) is 0 Å². The van der Waals surface area contributed by atoms with Gasteiger partial charge in [0, 0.05) is 18.2 Å². The molecular formula is C12H17F2N. The molecular weight excluding hydrogens is 196 g/mol. The first-order valence-corrected chi connectivity index (χ1v) is 5.19. The molecule has 0 bridgehead atoms. The molecule has 0 aliphatic heterocycles. The van der Waals surface area contributed by atoms with Gasteiger partial charge in [-0.05, 0) is 18.1 Å². The van der Waals surface area contributed by atoms with E-state index in [0.717, 1.165) is 0 Å². The largest absolute Gasteiger partial charge is 0.314 e. The molecule has 84 valence electrons. The van der Waals surface area contributed by atoms with Crippen LogP contribution in [-0.4, -0.2) is 12.6 Å². The van der Waals surface area contributed by atoms with Gasteiger partial charge in [0.15, 0.2) is 0 Å². The van der Waals surface area contributed by atoms with Crippen molar-refractivity contribution in [1.29, 1.82) is 0 Å². The highest BCUT2D eigenvalue weighted by molar-refractivity contribution is 5.23. The molecule has 1 aromatic carbocycles. The van der Waals surface area contributed by atoms with Gasteiger partial charge in [-0.25, -0.2) is 8.78 Å². The molecule has 0 spiro atoms. The highest BCUT2D eigenvalue weighted by Gasteiger charge is 2.15. The molecule has 0 aliphatic rings. The molecule has 1 unspecified atom stereocenters. The molecule has 3 heteroatoms. The van der Waals surface area contributed by atoms with Crippen molar-refractivity contribution in [2.75, 3.05) is 6.54 Å². The Hall–Kier alpha value is -0.960. The summed E-state index contributed by atoms with van der Waals surface area (Å²) in [5, 5.41) is 3.16. The third kappa shape index (κ3) is 3.27. The van der Waals surface area contributed by atoms with Crippen LogP contribution in [0.2, 0.25) is 0 Å². The van der Waals surface area contributed by atoms with Gasteiger partial charge in [0.1, 0.15) is 11.6 Å². The van der Waals surface area contributed by atoms with Gasteiger partial charge in [-0.1, -0.05) is 26.8 Å². The minimum atomic E-state index is -0.465. The zero-order valence-electron chi connectivity index (χ0n) is 9.35. The minimum absolute atomic E-state index is 0.159. The van der Waals surface area contributed by atoms with E-state index in [9.17, 15) is 8.78 Å². The molecule has 1 aromatic rings. The second-order valence-corrected chi connectivity index (χ2v) is 4.10. The van der Waals surface area contributed by atoms with E-state index in [-0.39, 0.29) is 11.5 Å². The van der Waals surface area contributed by atoms with Crippen LogP contribution < -0.4 is 5.32 Å². The second-order valence-electron chi connectivity index (χ2n) is 4.10. The van der Waals surface area contributed by atoms with Crippen LogP contribution in [0.15, 0.2) is 18.2 Å². The van der Waals surface area contributed by atoms with Crippen molar-refractivity contribution in [3.05, 3.63) is 35.4 Å². The average molecular weight is 213 g/mol. The average Bonchev–Trinajstić information content (AvgIpc) is 2.14. The summed E-state index contributed by atoms with van der Waals surface area (Å²) in [6.07, 6.45) is 0. The van der Waals surface area contributed by atoms with Crippen molar-refractivity contribution >= 4 is 0 Å². The van der Waals surface area contributed by atoms with E-state index in [1.54, 1.807) is 0 Å². The van der Waals surface area contributed by atoms with E-state index in [4.69, 9.17) is 0 Å². The van der Waals surface area contributed by atoms with Gasteiger partial charge in [0.05, 0.1) is 0 Å². The van der Waals surface area contributed by atoms with Crippen molar-refractivity contribution in [3.8, 4) is 0 Å². The van der Waals surface area contributed by atoms with Crippen LogP contribution in [0.25, 0.3) is 0 Å². The van der Waals surface area contributed by atoms with Gasteiger partial charge in [-0.3, -0.25) is 0 Å². The molecule has 1 nitrogen and oxygen atoms in total. The van der Waals surface area contributed by atoms with Crippen molar-refractivity contribution in [3.63, 3.8) is 0 Å². The SMILES string of the molecule is CC(C)NCC(C)c1c(F)cccc1F. The summed E-state index contributed by atoms with van der Waals surface area (Å²) >= 11 is 0. The van der Waals surface area contributed by atoms with Crippen LogP contribution >= 0.6 is 0 Å². The van der Waals surface area contributed by atoms with Crippen LogP contribution in [0.4, 0.5) is 8.78 Å². The van der Waals surface area contributed by atoms with Gasteiger partial charge >= 0.3 is 0 Å². The van der Waals surface area contributed by atoms with Crippen molar-refractivity contribution < 1.29 is 8.78 Å². The van der Waals surface area contributed by atoms with E-state index >= 15 is 0 Å². The maximum atomic E-state index is 13.4. The monoisotopic (exact) mass is 213 g/mol. The lowest BCUT2D eigenvalue weighted by atomic mass is 9.99. The topological polar surface area (TPSA) is 12.0 Å². The maximum Gasteiger partial charge on any atom is 0.129 e. The predicted molar refractivity (Wildman–Crippen MR) is 57.9 cm³/mol. The zero-order valence-corrected chi connectivity index (χ0v) is 9.35. The summed E-state index contributed by atoms with van der Waals surface area (Å²) in [7, 11) is 0. The molecule has 0 saturated heterocycles. The number of halogens is 2. The third-order valence-electron chi connectivity index (χ3n) is 2.32. The van der Waals surface area contributed by atoms with E-state index in [1.165, 1.54) is 18.2 Å². The van der Waals surface area contributed by atoms with E-state index < -0.39 is 11.6 Å². The molecule has 1 N–H and O–H groups in total. The van der Waals surface area contributed by atoms with Gasteiger partial charge in [0.2, 0.25) is 0 Å². The fourth-order valence-corrected chi connectivity index (χ4v) is 1.50. The Bertz CT molecular complexity index is 303. The van der Waals surface area contributed by atoms with Crippen LogP contribution in [0.1, 0.15) is 32.3 Å². The first kappa shape index (κ1) is 12.1. The third-order valence-corrected chi connectivity index (χ3v) is 2.32. The molecule has 0 heterocycles. The highest BCUT2D eigenvalue weighted by Crippen LogP contribution is 2.21. The molecule has 0 fully saturated rings. The van der Waals surface area contributed by atoms with Crippen molar-refractivity contribution in [2.45, 2.75) is 32.7 Å².